The molecule has 0 spiro atoms. The summed E-state index contributed by atoms with van der Waals surface area (Å²) in [6.45, 7) is 2.45. The van der Waals surface area contributed by atoms with Crippen LogP contribution in [0.3, 0.4) is 0 Å². The molecule has 3 heteroatoms. The van der Waals surface area contributed by atoms with Gasteiger partial charge in [0.15, 0.2) is 0 Å². The molecule has 0 bridgehead atoms. The van der Waals surface area contributed by atoms with Gasteiger partial charge in [0.1, 0.15) is 5.75 Å². The molecule has 0 radical (unpaired) electrons. The predicted octanol–water partition coefficient (Wildman–Crippen LogP) is 2.87. The molecule has 2 N–H and O–H groups in total. The summed E-state index contributed by atoms with van der Waals surface area (Å²) in [6, 6.07) is 5.75. The summed E-state index contributed by atoms with van der Waals surface area (Å²) in [5.74, 6) is 3.34. The number of ether oxygens (including phenoxy) is 1. The average Bonchev–Trinajstić information content (AvgIpc) is 2.20. The fourth-order valence-electron chi connectivity index (χ4n) is 1.23. The lowest BCUT2D eigenvalue weighted by molar-refractivity contribution is 0.322. The van der Waals surface area contributed by atoms with E-state index in [1.165, 1.54) is 0 Å². The number of benzene rings is 1. The minimum absolute atomic E-state index is 0.0525. The Labute approximate surface area is 98.9 Å². The lowest BCUT2D eigenvalue weighted by Gasteiger charge is -2.13. The molecule has 0 aliphatic heterocycles. The lowest BCUT2D eigenvalue weighted by atomic mass is 10.1. The van der Waals surface area contributed by atoms with Crippen LogP contribution in [0.5, 0.6) is 5.75 Å². The molecule has 1 aromatic rings. The second-order valence-corrected chi connectivity index (χ2v) is 4.19. The van der Waals surface area contributed by atoms with Crippen LogP contribution in [-0.4, -0.2) is 6.61 Å². The molecule has 0 saturated heterocycles. The van der Waals surface area contributed by atoms with Gasteiger partial charge < -0.3 is 10.5 Å². The van der Waals surface area contributed by atoms with Crippen molar-refractivity contribution in [2.45, 2.75) is 19.4 Å². The molecule has 1 aromatic carbocycles. The molecule has 0 fully saturated rings. The number of nitrogens with two attached hydrogens (primary N) is 1. The number of rotatable bonds is 4. The van der Waals surface area contributed by atoms with E-state index in [0.717, 1.165) is 15.8 Å². The van der Waals surface area contributed by atoms with Crippen LogP contribution in [0.25, 0.3) is 0 Å². The summed E-state index contributed by atoms with van der Waals surface area (Å²) in [5, 5.41) is 0. The number of hydrogen-bond donors (Lipinski definition) is 1. The molecule has 1 atom stereocenters. The van der Waals surface area contributed by atoms with Gasteiger partial charge in [0.2, 0.25) is 0 Å². The Morgan fingerprint density at radius 2 is 2.33 bits per heavy atom. The van der Waals surface area contributed by atoms with Gasteiger partial charge in [-0.15, -0.1) is 12.3 Å². The Bertz CT molecular complexity index is 368. The van der Waals surface area contributed by atoms with Crippen LogP contribution in [0.4, 0.5) is 0 Å². The SMILES string of the molecule is C#CCCOc1ccc(Br)cc1[C@@H](C)N. The fraction of sp³-hybridized carbons (Fsp3) is 0.333. The van der Waals surface area contributed by atoms with Crippen molar-refractivity contribution in [3.05, 3.63) is 28.2 Å². The van der Waals surface area contributed by atoms with Crippen molar-refractivity contribution in [2.75, 3.05) is 6.61 Å². The average molecular weight is 268 g/mol. The van der Waals surface area contributed by atoms with Crippen molar-refractivity contribution in [3.8, 4) is 18.1 Å². The molecule has 0 amide bonds. The van der Waals surface area contributed by atoms with Gasteiger partial charge in [-0.1, -0.05) is 15.9 Å². The van der Waals surface area contributed by atoms with E-state index in [1.54, 1.807) is 0 Å². The van der Waals surface area contributed by atoms with Crippen LogP contribution in [0.15, 0.2) is 22.7 Å². The summed E-state index contributed by atoms with van der Waals surface area (Å²) in [4.78, 5) is 0. The highest BCUT2D eigenvalue weighted by Crippen LogP contribution is 2.27. The van der Waals surface area contributed by atoms with Crippen LogP contribution in [0.2, 0.25) is 0 Å². The lowest BCUT2D eigenvalue weighted by Crippen LogP contribution is -2.08. The Hall–Kier alpha value is -0.980. The summed E-state index contributed by atoms with van der Waals surface area (Å²) in [5.41, 5.74) is 6.83. The molecule has 15 heavy (non-hydrogen) atoms. The Morgan fingerprint density at radius 3 is 2.93 bits per heavy atom. The van der Waals surface area contributed by atoms with E-state index in [1.807, 2.05) is 25.1 Å². The minimum atomic E-state index is -0.0525. The molecular formula is C12H14BrNO. The highest BCUT2D eigenvalue weighted by Gasteiger charge is 2.08. The van der Waals surface area contributed by atoms with Gasteiger partial charge >= 0.3 is 0 Å². The maximum Gasteiger partial charge on any atom is 0.124 e. The molecule has 0 aliphatic rings. The van der Waals surface area contributed by atoms with Gasteiger partial charge in [0.25, 0.3) is 0 Å². The van der Waals surface area contributed by atoms with Gasteiger partial charge in [-0.2, -0.15) is 0 Å². The van der Waals surface area contributed by atoms with E-state index in [0.29, 0.717) is 13.0 Å². The predicted molar refractivity (Wildman–Crippen MR) is 65.7 cm³/mol. The normalized spacial score (nSPS) is 11.9. The van der Waals surface area contributed by atoms with Crippen LogP contribution in [0, 0.1) is 12.3 Å². The smallest absolute Gasteiger partial charge is 0.124 e. The largest absolute Gasteiger partial charge is 0.492 e. The van der Waals surface area contributed by atoms with Gasteiger partial charge in [0, 0.05) is 22.5 Å². The first-order chi connectivity index (χ1) is 7.15. The summed E-state index contributed by atoms with van der Waals surface area (Å²) < 4.78 is 6.55. The van der Waals surface area contributed by atoms with Crippen molar-refractivity contribution in [3.63, 3.8) is 0 Å². The van der Waals surface area contributed by atoms with Crippen molar-refractivity contribution in [1.29, 1.82) is 0 Å². The molecule has 0 aromatic heterocycles. The van der Waals surface area contributed by atoms with Gasteiger partial charge in [0.05, 0.1) is 6.61 Å². The maximum atomic E-state index is 5.85. The van der Waals surface area contributed by atoms with E-state index in [-0.39, 0.29) is 6.04 Å². The quantitative estimate of drug-likeness (QED) is 0.673. The molecule has 1 rings (SSSR count). The number of terminal acetylenes is 1. The highest BCUT2D eigenvalue weighted by molar-refractivity contribution is 9.10. The van der Waals surface area contributed by atoms with E-state index in [9.17, 15) is 0 Å². The van der Waals surface area contributed by atoms with Crippen molar-refractivity contribution in [2.24, 2.45) is 5.73 Å². The Balaban J connectivity index is 2.82. The van der Waals surface area contributed by atoms with E-state index in [2.05, 4.69) is 21.9 Å². The molecular weight excluding hydrogens is 254 g/mol. The second-order valence-electron chi connectivity index (χ2n) is 3.27. The zero-order chi connectivity index (χ0) is 11.3. The first-order valence-electron chi connectivity index (χ1n) is 4.76. The van der Waals surface area contributed by atoms with Crippen molar-refractivity contribution >= 4 is 15.9 Å². The maximum absolute atomic E-state index is 5.85. The van der Waals surface area contributed by atoms with Crippen molar-refractivity contribution < 1.29 is 4.74 Å². The monoisotopic (exact) mass is 267 g/mol. The molecule has 0 heterocycles. The highest BCUT2D eigenvalue weighted by atomic mass is 79.9. The van der Waals surface area contributed by atoms with Crippen LogP contribution in [-0.2, 0) is 0 Å². The van der Waals surface area contributed by atoms with Crippen molar-refractivity contribution in [1.82, 2.24) is 0 Å². The summed E-state index contributed by atoms with van der Waals surface area (Å²) in [7, 11) is 0. The zero-order valence-corrected chi connectivity index (χ0v) is 10.3. The summed E-state index contributed by atoms with van der Waals surface area (Å²) in [6.07, 6.45) is 5.76. The Morgan fingerprint density at radius 1 is 1.60 bits per heavy atom. The third-order valence-corrected chi connectivity index (χ3v) is 2.46. The first-order valence-corrected chi connectivity index (χ1v) is 5.55. The second kappa shape index (κ2) is 5.79. The van der Waals surface area contributed by atoms with Gasteiger partial charge in [-0.25, -0.2) is 0 Å². The molecule has 2 nitrogen and oxygen atoms in total. The standard InChI is InChI=1S/C12H14BrNO/c1-3-4-7-15-12-6-5-10(13)8-11(12)9(2)14/h1,5-6,8-9H,4,7,14H2,2H3/t9-/m1/s1. The van der Waals surface area contributed by atoms with Crippen LogP contribution >= 0.6 is 15.9 Å². The third kappa shape index (κ3) is 3.58. The van der Waals surface area contributed by atoms with Gasteiger partial charge in [-0.3, -0.25) is 0 Å². The number of halogens is 1. The van der Waals surface area contributed by atoms with Crippen LogP contribution in [0.1, 0.15) is 24.9 Å². The molecule has 0 aliphatic carbocycles. The first kappa shape index (κ1) is 12.1. The zero-order valence-electron chi connectivity index (χ0n) is 8.66. The van der Waals surface area contributed by atoms with E-state index in [4.69, 9.17) is 16.9 Å². The van der Waals surface area contributed by atoms with E-state index < -0.39 is 0 Å². The molecule has 0 unspecified atom stereocenters. The molecule has 0 saturated carbocycles. The molecule has 80 valence electrons. The van der Waals surface area contributed by atoms with Gasteiger partial charge in [-0.05, 0) is 25.1 Å². The third-order valence-electron chi connectivity index (χ3n) is 1.97. The Kier molecular flexibility index (Phi) is 4.67. The van der Waals surface area contributed by atoms with E-state index >= 15 is 0 Å². The summed E-state index contributed by atoms with van der Waals surface area (Å²) >= 11 is 3.40. The van der Waals surface area contributed by atoms with Crippen LogP contribution < -0.4 is 10.5 Å². The number of hydrogen-bond acceptors (Lipinski definition) is 2. The topological polar surface area (TPSA) is 35.2 Å². The minimum Gasteiger partial charge on any atom is -0.492 e. The fourth-order valence-corrected chi connectivity index (χ4v) is 1.61.